The van der Waals surface area contributed by atoms with E-state index in [0.29, 0.717) is 18.4 Å². The van der Waals surface area contributed by atoms with E-state index in [2.05, 4.69) is 0 Å². The molecule has 33 heavy (non-hydrogen) atoms. The number of thioether (sulfide) groups is 1. The third-order valence-electron chi connectivity index (χ3n) is 6.35. The number of phenolic OH excluding ortho intramolecular Hbond substituents is 2. The lowest BCUT2D eigenvalue weighted by Crippen LogP contribution is -2.44. The molecule has 6 heteroatoms. The van der Waals surface area contributed by atoms with Crippen LogP contribution in [0.4, 0.5) is 0 Å². The molecule has 178 valence electrons. The van der Waals surface area contributed by atoms with Gasteiger partial charge in [-0.3, -0.25) is 0 Å². The Balaban J connectivity index is 1.90. The quantitative estimate of drug-likeness (QED) is 0.416. The van der Waals surface area contributed by atoms with Gasteiger partial charge in [0, 0.05) is 11.3 Å². The van der Waals surface area contributed by atoms with Crippen LogP contribution in [0.2, 0.25) is 0 Å². The number of carbonyl (C=O) groups is 1. The van der Waals surface area contributed by atoms with Crippen LogP contribution in [0.5, 0.6) is 11.5 Å². The molecule has 1 atom stereocenters. The van der Waals surface area contributed by atoms with E-state index in [9.17, 15) is 20.1 Å². The minimum absolute atomic E-state index is 0.00770. The van der Waals surface area contributed by atoms with Crippen LogP contribution in [0.15, 0.2) is 52.0 Å². The molecule has 1 unspecified atom stereocenters. The van der Waals surface area contributed by atoms with Crippen LogP contribution in [-0.4, -0.2) is 26.9 Å². The molecule has 2 aromatic rings. The molecule has 3 rings (SSSR count). The third kappa shape index (κ3) is 5.49. The summed E-state index contributed by atoms with van der Waals surface area (Å²) >= 11 is 1.20. The monoisotopic (exact) mass is 470 g/mol. The number of aliphatic hydroxyl groups is 1. The standard InChI is InChI=1S/C27H34O5S/c1-16(2)27(12-11-18-7-9-19(28)10-8-18)15-22(30)24(25(31)32-27)33-23-13-17(3)21(29)14-20(23)26(4,5)6/h7-10,13-14,16,28-30H,11-12,15H2,1-6H3. The number of carbonyl (C=O) groups excluding carboxylic acids is 1. The molecule has 0 fully saturated rings. The highest BCUT2D eigenvalue weighted by atomic mass is 32.2. The second-order valence-corrected chi connectivity index (χ2v) is 11.3. The summed E-state index contributed by atoms with van der Waals surface area (Å²) in [7, 11) is 0. The lowest BCUT2D eigenvalue weighted by atomic mass is 9.80. The number of cyclic esters (lactones) is 1. The SMILES string of the molecule is Cc1cc(SC2=C(O)CC(CCc3ccc(O)cc3)(C(C)C)OC2=O)c(C(C)(C)C)cc1O. The Morgan fingerprint density at radius 1 is 1.09 bits per heavy atom. The molecular formula is C27H34O5S. The first-order chi connectivity index (χ1) is 15.3. The highest BCUT2D eigenvalue weighted by molar-refractivity contribution is 8.04. The maximum atomic E-state index is 13.2. The largest absolute Gasteiger partial charge is 0.511 e. The fraction of sp³-hybridized carbons (Fsp3) is 0.444. The minimum Gasteiger partial charge on any atom is -0.511 e. The van der Waals surface area contributed by atoms with E-state index in [1.165, 1.54) is 11.8 Å². The summed E-state index contributed by atoms with van der Waals surface area (Å²) < 4.78 is 6.04. The number of aliphatic hydroxyl groups excluding tert-OH is 1. The van der Waals surface area contributed by atoms with Gasteiger partial charge in [-0.05, 0) is 72.1 Å². The van der Waals surface area contributed by atoms with Gasteiger partial charge in [0.2, 0.25) is 0 Å². The van der Waals surface area contributed by atoms with Crippen molar-refractivity contribution < 1.29 is 24.9 Å². The second kappa shape index (κ2) is 9.34. The summed E-state index contributed by atoms with van der Waals surface area (Å²) in [4.78, 5) is 14.2. The number of esters is 1. The maximum Gasteiger partial charge on any atom is 0.349 e. The summed E-state index contributed by atoms with van der Waals surface area (Å²) in [5, 5.41) is 30.7. The number of phenols is 2. The fourth-order valence-corrected chi connectivity index (χ4v) is 5.31. The molecule has 0 amide bonds. The van der Waals surface area contributed by atoms with Crippen LogP contribution in [0.3, 0.4) is 0 Å². The average molecular weight is 471 g/mol. The predicted molar refractivity (Wildman–Crippen MR) is 132 cm³/mol. The van der Waals surface area contributed by atoms with Gasteiger partial charge in [-0.15, -0.1) is 0 Å². The second-order valence-electron chi connectivity index (χ2n) is 10.2. The van der Waals surface area contributed by atoms with Gasteiger partial charge in [0.15, 0.2) is 0 Å². The topological polar surface area (TPSA) is 87.0 Å². The van der Waals surface area contributed by atoms with Crippen LogP contribution < -0.4 is 0 Å². The van der Waals surface area contributed by atoms with Crippen LogP contribution in [-0.2, 0) is 21.4 Å². The van der Waals surface area contributed by atoms with Crippen molar-refractivity contribution in [3.05, 3.63) is 63.8 Å². The van der Waals surface area contributed by atoms with Gasteiger partial charge in [0.25, 0.3) is 0 Å². The highest BCUT2D eigenvalue weighted by Gasteiger charge is 2.44. The molecule has 1 aliphatic rings. The summed E-state index contributed by atoms with van der Waals surface area (Å²) in [5.41, 5.74) is 1.58. The predicted octanol–water partition coefficient (Wildman–Crippen LogP) is 6.54. The lowest BCUT2D eigenvalue weighted by molar-refractivity contribution is -0.164. The van der Waals surface area contributed by atoms with Crippen molar-refractivity contribution in [1.29, 1.82) is 0 Å². The first-order valence-corrected chi connectivity index (χ1v) is 12.1. The molecule has 0 spiro atoms. The van der Waals surface area contributed by atoms with Gasteiger partial charge in [-0.25, -0.2) is 4.79 Å². The van der Waals surface area contributed by atoms with Gasteiger partial charge in [0.1, 0.15) is 27.8 Å². The number of rotatable bonds is 6. The van der Waals surface area contributed by atoms with Gasteiger partial charge in [-0.1, -0.05) is 58.5 Å². The van der Waals surface area contributed by atoms with Crippen LogP contribution >= 0.6 is 11.8 Å². The van der Waals surface area contributed by atoms with Gasteiger partial charge in [-0.2, -0.15) is 0 Å². The number of benzene rings is 2. The Morgan fingerprint density at radius 2 is 1.73 bits per heavy atom. The van der Waals surface area contributed by atoms with Crippen molar-refractivity contribution in [1.82, 2.24) is 0 Å². The number of hydrogen-bond donors (Lipinski definition) is 3. The van der Waals surface area contributed by atoms with Crippen LogP contribution in [0, 0.1) is 12.8 Å². The zero-order valence-corrected chi connectivity index (χ0v) is 21.0. The Bertz CT molecular complexity index is 1060. The lowest BCUT2D eigenvalue weighted by Gasteiger charge is -2.40. The molecule has 0 aliphatic carbocycles. The van der Waals surface area contributed by atoms with Crippen molar-refractivity contribution in [2.24, 2.45) is 5.92 Å². The Hall–Kier alpha value is -2.60. The molecule has 0 saturated carbocycles. The third-order valence-corrected chi connectivity index (χ3v) is 7.52. The van der Waals surface area contributed by atoms with Gasteiger partial charge < -0.3 is 20.1 Å². The Labute approximate surface area is 200 Å². The average Bonchev–Trinajstić information content (AvgIpc) is 2.71. The first-order valence-electron chi connectivity index (χ1n) is 11.3. The van der Waals surface area contributed by atoms with Crippen molar-refractivity contribution in [2.75, 3.05) is 0 Å². The van der Waals surface area contributed by atoms with Crippen LogP contribution in [0.1, 0.15) is 64.2 Å². The van der Waals surface area contributed by atoms with E-state index >= 15 is 0 Å². The van der Waals surface area contributed by atoms with Gasteiger partial charge in [0.05, 0.1) is 0 Å². The minimum atomic E-state index is -0.805. The number of aromatic hydroxyl groups is 2. The fourth-order valence-electron chi connectivity index (χ4n) is 4.07. The van der Waals surface area contributed by atoms with E-state index < -0.39 is 11.6 Å². The zero-order chi connectivity index (χ0) is 24.6. The molecular weight excluding hydrogens is 436 g/mol. The molecule has 2 aromatic carbocycles. The smallest absolute Gasteiger partial charge is 0.349 e. The van der Waals surface area contributed by atoms with E-state index in [4.69, 9.17) is 4.74 Å². The van der Waals surface area contributed by atoms with Gasteiger partial charge >= 0.3 is 5.97 Å². The Morgan fingerprint density at radius 3 is 2.27 bits per heavy atom. The molecule has 0 saturated heterocycles. The molecule has 5 nitrogen and oxygen atoms in total. The summed E-state index contributed by atoms with van der Waals surface area (Å²) in [5.74, 6) is -0.0483. The van der Waals surface area contributed by atoms with E-state index in [0.717, 1.165) is 16.0 Å². The molecule has 1 aliphatic heterocycles. The van der Waals surface area contributed by atoms with Crippen LogP contribution in [0.25, 0.3) is 0 Å². The number of hydrogen-bond acceptors (Lipinski definition) is 6. The molecule has 0 bridgehead atoms. The number of aryl methyl sites for hydroxylation is 2. The molecule has 0 radical (unpaired) electrons. The first kappa shape index (κ1) is 25.0. The normalized spacial score (nSPS) is 19.2. The van der Waals surface area contributed by atoms with E-state index in [-0.39, 0.29) is 39.9 Å². The van der Waals surface area contributed by atoms with E-state index in [1.54, 1.807) is 18.2 Å². The molecule has 0 aromatic heterocycles. The number of ether oxygens (including phenoxy) is 1. The zero-order valence-electron chi connectivity index (χ0n) is 20.2. The van der Waals surface area contributed by atoms with Crippen molar-refractivity contribution >= 4 is 17.7 Å². The summed E-state index contributed by atoms with van der Waals surface area (Å²) in [6.45, 7) is 11.9. The Kier molecular flexibility index (Phi) is 7.08. The highest BCUT2D eigenvalue weighted by Crippen LogP contribution is 2.46. The summed E-state index contributed by atoms with van der Waals surface area (Å²) in [6, 6.07) is 10.6. The van der Waals surface area contributed by atoms with Crippen molar-refractivity contribution in [2.45, 2.75) is 76.7 Å². The van der Waals surface area contributed by atoms with Crippen molar-refractivity contribution in [3.8, 4) is 11.5 Å². The van der Waals surface area contributed by atoms with Crippen molar-refractivity contribution in [3.63, 3.8) is 0 Å². The molecule has 3 N–H and O–H groups in total. The van der Waals surface area contributed by atoms with E-state index in [1.807, 2.05) is 59.7 Å². The summed E-state index contributed by atoms with van der Waals surface area (Å²) in [6.07, 6.45) is 1.47. The molecule has 1 heterocycles. The maximum absolute atomic E-state index is 13.2.